The van der Waals surface area contributed by atoms with E-state index < -0.39 is 0 Å². The first-order chi connectivity index (χ1) is 12.4. The fraction of sp³-hybridized carbons (Fsp3) is 0.333. The zero-order valence-electron chi connectivity index (χ0n) is 15.2. The summed E-state index contributed by atoms with van der Waals surface area (Å²) in [6.07, 6.45) is 3.50. The number of hydrogen-bond acceptors (Lipinski definition) is 5. The van der Waals surface area contributed by atoms with Gasteiger partial charge in [0, 0.05) is 23.3 Å². The van der Waals surface area contributed by atoms with E-state index in [-0.39, 0.29) is 23.4 Å². The minimum Gasteiger partial charge on any atom is -0.508 e. The molecule has 3 rings (SSSR count). The van der Waals surface area contributed by atoms with Gasteiger partial charge in [-0.3, -0.25) is 0 Å². The van der Waals surface area contributed by atoms with Gasteiger partial charge >= 0.3 is 0 Å². The molecule has 1 aliphatic heterocycles. The van der Waals surface area contributed by atoms with Gasteiger partial charge in [0.15, 0.2) is 0 Å². The van der Waals surface area contributed by atoms with E-state index in [4.69, 9.17) is 9.47 Å². The summed E-state index contributed by atoms with van der Waals surface area (Å²) < 4.78 is 11.4. The molecule has 0 unspecified atom stereocenters. The largest absolute Gasteiger partial charge is 0.508 e. The predicted octanol–water partition coefficient (Wildman–Crippen LogP) is 4.39. The van der Waals surface area contributed by atoms with Crippen molar-refractivity contribution in [1.82, 2.24) is 0 Å². The van der Waals surface area contributed by atoms with E-state index in [1.165, 1.54) is 12.1 Å². The molecule has 0 aromatic heterocycles. The molecule has 0 bridgehead atoms. The van der Waals surface area contributed by atoms with Gasteiger partial charge in [0.05, 0.1) is 7.11 Å². The Morgan fingerprint density at radius 2 is 1.92 bits per heavy atom. The van der Waals surface area contributed by atoms with Gasteiger partial charge in [0.2, 0.25) is 0 Å². The molecule has 0 saturated heterocycles. The summed E-state index contributed by atoms with van der Waals surface area (Å²) in [5.74, 6) is 1.26. The molecule has 138 valence electrons. The van der Waals surface area contributed by atoms with Crippen molar-refractivity contribution in [3.63, 3.8) is 0 Å². The third-order valence-corrected chi connectivity index (χ3v) is 4.59. The number of aromatic hydroxyl groups is 3. The molecule has 26 heavy (non-hydrogen) atoms. The molecule has 0 fully saturated rings. The van der Waals surface area contributed by atoms with Crippen molar-refractivity contribution in [2.45, 2.75) is 39.2 Å². The normalized spacial score (nSPS) is 15.7. The number of benzene rings is 2. The lowest BCUT2D eigenvalue weighted by molar-refractivity contribution is 0.171. The average Bonchev–Trinajstić information content (AvgIpc) is 2.60. The smallest absolute Gasteiger partial charge is 0.134 e. The van der Waals surface area contributed by atoms with E-state index in [1.807, 2.05) is 26.0 Å². The number of allylic oxidation sites excluding steroid dienone is 2. The Bertz CT molecular complexity index is 850. The Morgan fingerprint density at radius 3 is 2.62 bits per heavy atom. The van der Waals surface area contributed by atoms with Crippen molar-refractivity contribution in [3.8, 4) is 28.7 Å². The summed E-state index contributed by atoms with van der Waals surface area (Å²) in [5.41, 5.74) is 3.30. The van der Waals surface area contributed by atoms with Crippen LogP contribution in [0.2, 0.25) is 0 Å². The van der Waals surface area contributed by atoms with E-state index in [1.54, 1.807) is 13.2 Å². The first kappa shape index (κ1) is 18.0. The van der Waals surface area contributed by atoms with Crippen LogP contribution < -0.4 is 9.47 Å². The highest BCUT2D eigenvalue weighted by molar-refractivity contribution is 5.58. The Balaban J connectivity index is 2.01. The molecule has 0 saturated carbocycles. The van der Waals surface area contributed by atoms with Crippen LogP contribution in [0, 0.1) is 0 Å². The monoisotopic (exact) mass is 356 g/mol. The van der Waals surface area contributed by atoms with Crippen LogP contribution in [0.1, 0.15) is 43.1 Å². The molecular formula is C21H24O5. The molecule has 0 radical (unpaired) electrons. The van der Waals surface area contributed by atoms with Crippen LogP contribution in [0.25, 0.3) is 0 Å². The van der Waals surface area contributed by atoms with Gasteiger partial charge in [-0.2, -0.15) is 0 Å². The van der Waals surface area contributed by atoms with Gasteiger partial charge in [0.1, 0.15) is 34.9 Å². The zero-order chi connectivity index (χ0) is 18.8. The first-order valence-electron chi connectivity index (χ1n) is 8.63. The highest BCUT2D eigenvalue weighted by Gasteiger charge is 2.28. The SMILES string of the molecule is COc1cc(O)cc([C@@H]2CCc3c(O)cc(O)c(CC=C(C)C)c3O2)c1. The van der Waals surface area contributed by atoms with E-state index >= 15 is 0 Å². The van der Waals surface area contributed by atoms with Crippen molar-refractivity contribution < 1.29 is 24.8 Å². The zero-order valence-corrected chi connectivity index (χ0v) is 15.2. The lowest BCUT2D eigenvalue weighted by Gasteiger charge is -2.29. The Morgan fingerprint density at radius 1 is 1.15 bits per heavy atom. The molecular weight excluding hydrogens is 332 g/mol. The van der Waals surface area contributed by atoms with E-state index in [2.05, 4.69) is 0 Å². The fourth-order valence-corrected chi connectivity index (χ4v) is 3.23. The van der Waals surface area contributed by atoms with Crippen LogP contribution in [0.5, 0.6) is 28.7 Å². The molecule has 5 nitrogen and oxygen atoms in total. The maximum atomic E-state index is 10.3. The van der Waals surface area contributed by atoms with Gasteiger partial charge in [-0.1, -0.05) is 11.6 Å². The maximum Gasteiger partial charge on any atom is 0.134 e. The predicted molar refractivity (Wildman–Crippen MR) is 99.3 cm³/mol. The lowest BCUT2D eigenvalue weighted by atomic mass is 9.93. The molecule has 3 N–H and O–H groups in total. The number of phenolic OH excluding ortho intramolecular Hbond substituents is 3. The first-order valence-corrected chi connectivity index (χ1v) is 8.63. The van der Waals surface area contributed by atoms with Crippen molar-refractivity contribution in [2.24, 2.45) is 0 Å². The van der Waals surface area contributed by atoms with Crippen molar-refractivity contribution in [2.75, 3.05) is 7.11 Å². The van der Waals surface area contributed by atoms with Gasteiger partial charge in [-0.15, -0.1) is 0 Å². The number of phenols is 3. The van der Waals surface area contributed by atoms with Crippen LogP contribution in [0.4, 0.5) is 0 Å². The summed E-state index contributed by atoms with van der Waals surface area (Å²) in [6, 6.07) is 6.40. The average molecular weight is 356 g/mol. The van der Waals surface area contributed by atoms with Crippen molar-refractivity contribution in [3.05, 3.63) is 52.6 Å². The van der Waals surface area contributed by atoms with Crippen molar-refractivity contribution >= 4 is 0 Å². The molecule has 0 aliphatic carbocycles. The molecule has 5 heteroatoms. The highest BCUT2D eigenvalue weighted by Crippen LogP contribution is 2.46. The Labute approximate surface area is 153 Å². The second-order valence-electron chi connectivity index (χ2n) is 6.80. The van der Waals surface area contributed by atoms with E-state index in [0.717, 1.165) is 11.1 Å². The standard InChI is InChI=1S/C21H24O5/c1-12(2)4-5-16-18(23)11-19(24)17-6-7-20(26-21(16)17)13-8-14(22)10-15(9-13)25-3/h4,8-11,20,22-24H,5-7H2,1-3H3/t20-/m0/s1. The second kappa shape index (κ2) is 7.20. The fourth-order valence-electron chi connectivity index (χ4n) is 3.23. The molecule has 0 amide bonds. The quantitative estimate of drug-likeness (QED) is 0.708. The van der Waals surface area contributed by atoms with Gasteiger partial charge in [-0.25, -0.2) is 0 Å². The van der Waals surface area contributed by atoms with Gasteiger partial charge < -0.3 is 24.8 Å². The molecule has 1 aliphatic rings. The van der Waals surface area contributed by atoms with Crippen LogP contribution in [0.15, 0.2) is 35.9 Å². The lowest BCUT2D eigenvalue weighted by Crippen LogP contribution is -2.17. The van der Waals surface area contributed by atoms with Crippen LogP contribution in [0.3, 0.4) is 0 Å². The summed E-state index contributed by atoms with van der Waals surface area (Å²) in [4.78, 5) is 0. The van der Waals surface area contributed by atoms with Crippen LogP contribution in [-0.4, -0.2) is 22.4 Å². The number of methoxy groups -OCH3 is 1. The van der Waals surface area contributed by atoms with Gasteiger partial charge in [-0.05, 0) is 50.8 Å². The number of fused-ring (bicyclic) bond motifs is 1. The van der Waals surface area contributed by atoms with Crippen LogP contribution in [-0.2, 0) is 12.8 Å². The highest BCUT2D eigenvalue weighted by atomic mass is 16.5. The summed E-state index contributed by atoms with van der Waals surface area (Å²) in [7, 11) is 1.54. The minimum atomic E-state index is -0.296. The van der Waals surface area contributed by atoms with Crippen LogP contribution >= 0.6 is 0 Å². The summed E-state index contributed by atoms with van der Waals surface area (Å²) in [6.45, 7) is 3.99. The number of rotatable bonds is 4. The topological polar surface area (TPSA) is 79.2 Å². The van der Waals surface area contributed by atoms with E-state index in [0.29, 0.717) is 41.9 Å². The molecule has 1 atom stereocenters. The Hall–Kier alpha value is -2.82. The number of ether oxygens (including phenoxy) is 2. The van der Waals surface area contributed by atoms with Gasteiger partial charge in [0.25, 0.3) is 0 Å². The summed E-state index contributed by atoms with van der Waals surface area (Å²) >= 11 is 0. The number of hydrogen-bond donors (Lipinski definition) is 3. The third kappa shape index (κ3) is 3.57. The molecule has 1 heterocycles. The molecule has 0 spiro atoms. The summed E-state index contributed by atoms with van der Waals surface area (Å²) in [5, 5.41) is 30.4. The van der Waals surface area contributed by atoms with Crippen molar-refractivity contribution in [1.29, 1.82) is 0 Å². The molecule has 2 aromatic carbocycles. The maximum absolute atomic E-state index is 10.3. The minimum absolute atomic E-state index is 0.0212. The van der Waals surface area contributed by atoms with E-state index in [9.17, 15) is 15.3 Å². The molecule has 2 aromatic rings. The second-order valence-corrected chi connectivity index (χ2v) is 6.80. The third-order valence-electron chi connectivity index (χ3n) is 4.59. The Kier molecular flexibility index (Phi) is 4.98.